The van der Waals surface area contributed by atoms with Gasteiger partial charge in [0.25, 0.3) is 0 Å². The first-order chi connectivity index (χ1) is 8.04. The van der Waals surface area contributed by atoms with E-state index >= 15 is 0 Å². The number of rotatable bonds is 6. The molecule has 0 saturated carbocycles. The second kappa shape index (κ2) is 7.01. The summed E-state index contributed by atoms with van der Waals surface area (Å²) in [6.07, 6.45) is 2.52. The average Bonchev–Trinajstić information content (AvgIpc) is 2.28. The van der Waals surface area contributed by atoms with Gasteiger partial charge in [-0.2, -0.15) is 0 Å². The van der Waals surface area contributed by atoms with Crippen molar-refractivity contribution in [3.8, 4) is 0 Å². The molecule has 0 saturated heterocycles. The Kier molecular flexibility index (Phi) is 5.98. The van der Waals surface area contributed by atoms with E-state index in [2.05, 4.69) is 37.2 Å². The number of benzene rings is 1. The van der Waals surface area contributed by atoms with Crippen LogP contribution in [0.1, 0.15) is 26.2 Å². The van der Waals surface area contributed by atoms with Crippen LogP contribution >= 0.6 is 31.9 Å². The van der Waals surface area contributed by atoms with Gasteiger partial charge in [0.1, 0.15) is 6.04 Å². The minimum atomic E-state index is -0.815. The predicted molar refractivity (Wildman–Crippen MR) is 76.4 cm³/mol. The van der Waals surface area contributed by atoms with E-state index < -0.39 is 12.0 Å². The fourth-order valence-electron chi connectivity index (χ4n) is 1.46. The summed E-state index contributed by atoms with van der Waals surface area (Å²) in [7, 11) is 0. The highest BCUT2D eigenvalue weighted by Gasteiger charge is 2.17. The van der Waals surface area contributed by atoms with Crippen LogP contribution in [0.5, 0.6) is 0 Å². The van der Waals surface area contributed by atoms with Gasteiger partial charge in [-0.15, -0.1) is 0 Å². The topological polar surface area (TPSA) is 49.3 Å². The molecule has 0 aliphatic carbocycles. The van der Waals surface area contributed by atoms with E-state index in [0.29, 0.717) is 6.42 Å². The molecule has 0 fully saturated rings. The van der Waals surface area contributed by atoms with Gasteiger partial charge >= 0.3 is 5.97 Å². The second-order valence-electron chi connectivity index (χ2n) is 3.80. The summed E-state index contributed by atoms with van der Waals surface area (Å²) in [6, 6.07) is 5.11. The van der Waals surface area contributed by atoms with Crippen LogP contribution in [0.4, 0.5) is 5.69 Å². The van der Waals surface area contributed by atoms with Crippen LogP contribution in [-0.2, 0) is 4.79 Å². The number of anilines is 1. The molecule has 0 radical (unpaired) electrons. The molecule has 1 aromatic carbocycles. The first-order valence-electron chi connectivity index (χ1n) is 5.49. The van der Waals surface area contributed by atoms with Gasteiger partial charge in [0.2, 0.25) is 0 Å². The standard InChI is InChI=1S/C12H15Br2NO2/c1-2-3-4-10(12(16)17)15-11-7-8(13)5-6-9(11)14/h5-7,10,15H,2-4H2,1H3,(H,16,17). The molecular weight excluding hydrogens is 350 g/mol. The van der Waals surface area contributed by atoms with E-state index in [1.54, 1.807) is 0 Å². The summed E-state index contributed by atoms with van der Waals surface area (Å²) < 4.78 is 1.78. The lowest BCUT2D eigenvalue weighted by molar-refractivity contribution is -0.138. The van der Waals surface area contributed by atoms with Gasteiger partial charge in [-0.3, -0.25) is 0 Å². The number of nitrogens with one attached hydrogen (secondary N) is 1. The fourth-order valence-corrected chi connectivity index (χ4v) is 2.18. The van der Waals surface area contributed by atoms with Crippen molar-refractivity contribution in [3.05, 3.63) is 27.1 Å². The Hall–Kier alpha value is -0.550. The Morgan fingerprint density at radius 3 is 2.76 bits per heavy atom. The summed E-state index contributed by atoms with van der Waals surface area (Å²) in [5.74, 6) is -0.815. The molecule has 1 atom stereocenters. The lowest BCUT2D eigenvalue weighted by atomic mass is 10.1. The van der Waals surface area contributed by atoms with Crippen molar-refractivity contribution >= 4 is 43.5 Å². The smallest absolute Gasteiger partial charge is 0.326 e. The normalized spacial score (nSPS) is 12.2. The van der Waals surface area contributed by atoms with E-state index in [9.17, 15) is 4.79 Å². The summed E-state index contributed by atoms with van der Waals surface area (Å²) >= 11 is 6.77. The number of carbonyl (C=O) groups is 1. The molecule has 1 aromatic rings. The third-order valence-electron chi connectivity index (χ3n) is 2.40. The zero-order valence-corrected chi connectivity index (χ0v) is 12.7. The highest BCUT2D eigenvalue weighted by molar-refractivity contribution is 9.11. The molecule has 0 heterocycles. The van der Waals surface area contributed by atoms with E-state index in [0.717, 1.165) is 27.5 Å². The number of hydrogen-bond donors (Lipinski definition) is 2. The van der Waals surface area contributed by atoms with Crippen molar-refractivity contribution in [3.63, 3.8) is 0 Å². The molecule has 0 spiro atoms. The molecule has 2 N–H and O–H groups in total. The van der Waals surface area contributed by atoms with Crippen LogP contribution in [0.2, 0.25) is 0 Å². The predicted octanol–water partition coefficient (Wildman–Crippen LogP) is 4.27. The molecule has 0 aromatic heterocycles. The van der Waals surface area contributed by atoms with Crippen molar-refractivity contribution in [2.75, 3.05) is 5.32 Å². The Labute approximate surface area is 118 Å². The number of hydrogen-bond acceptors (Lipinski definition) is 2. The van der Waals surface area contributed by atoms with E-state index in [-0.39, 0.29) is 0 Å². The fraction of sp³-hybridized carbons (Fsp3) is 0.417. The number of carboxylic acids is 1. The SMILES string of the molecule is CCCCC(Nc1cc(Br)ccc1Br)C(=O)O. The maximum atomic E-state index is 11.1. The highest BCUT2D eigenvalue weighted by Crippen LogP contribution is 2.27. The van der Waals surface area contributed by atoms with E-state index in [4.69, 9.17) is 5.11 Å². The summed E-state index contributed by atoms with van der Waals surface area (Å²) in [5.41, 5.74) is 0.794. The minimum Gasteiger partial charge on any atom is -0.480 e. The van der Waals surface area contributed by atoms with Gasteiger partial charge in [-0.1, -0.05) is 35.7 Å². The lowest BCUT2D eigenvalue weighted by Gasteiger charge is -2.16. The van der Waals surface area contributed by atoms with Crippen molar-refractivity contribution in [1.82, 2.24) is 0 Å². The molecule has 1 unspecified atom stereocenters. The lowest BCUT2D eigenvalue weighted by Crippen LogP contribution is -2.29. The maximum Gasteiger partial charge on any atom is 0.326 e. The number of unbranched alkanes of at least 4 members (excludes halogenated alkanes) is 1. The molecule has 0 bridgehead atoms. The molecule has 17 heavy (non-hydrogen) atoms. The van der Waals surface area contributed by atoms with Gasteiger partial charge < -0.3 is 10.4 Å². The zero-order valence-electron chi connectivity index (χ0n) is 9.54. The first kappa shape index (κ1) is 14.5. The molecule has 94 valence electrons. The second-order valence-corrected chi connectivity index (χ2v) is 5.57. The third kappa shape index (κ3) is 4.68. The van der Waals surface area contributed by atoms with Crippen LogP contribution in [-0.4, -0.2) is 17.1 Å². The van der Waals surface area contributed by atoms with Crippen LogP contribution in [0, 0.1) is 0 Å². The van der Waals surface area contributed by atoms with Crippen LogP contribution in [0.15, 0.2) is 27.1 Å². The van der Waals surface area contributed by atoms with E-state index in [1.165, 1.54) is 0 Å². The molecule has 0 aliphatic heterocycles. The number of aliphatic carboxylic acids is 1. The highest BCUT2D eigenvalue weighted by atomic mass is 79.9. The maximum absolute atomic E-state index is 11.1. The summed E-state index contributed by atoms with van der Waals surface area (Å²) in [5, 5.41) is 12.2. The van der Waals surface area contributed by atoms with Gasteiger partial charge in [-0.25, -0.2) is 4.79 Å². The number of halogens is 2. The monoisotopic (exact) mass is 363 g/mol. The molecular formula is C12H15Br2NO2. The van der Waals surface area contributed by atoms with Gasteiger partial charge in [0, 0.05) is 8.95 Å². The van der Waals surface area contributed by atoms with E-state index in [1.807, 2.05) is 25.1 Å². The van der Waals surface area contributed by atoms with Crippen molar-refractivity contribution in [2.24, 2.45) is 0 Å². The summed E-state index contributed by atoms with van der Waals surface area (Å²) in [6.45, 7) is 2.05. The van der Waals surface area contributed by atoms with Crippen LogP contribution < -0.4 is 5.32 Å². The Balaban J connectivity index is 2.78. The van der Waals surface area contributed by atoms with Crippen molar-refractivity contribution in [2.45, 2.75) is 32.2 Å². The van der Waals surface area contributed by atoms with Crippen molar-refractivity contribution < 1.29 is 9.90 Å². The Morgan fingerprint density at radius 1 is 1.47 bits per heavy atom. The molecule has 0 amide bonds. The van der Waals surface area contributed by atoms with Gasteiger partial charge in [0.05, 0.1) is 5.69 Å². The quantitative estimate of drug-likeness (QED) is 0.792. The van der Waals surface area contributed by atoms with Crippen molar-refractivity contribution in [1.29, 1.82) is 0 Å². The molecule has 3 nitrogen and oxygen atoms in total. The average molecular weight is 365 g/mol. The Bertz CT molecular complexity index is 396. The largest absolute Gasteiger partial charge is 0.480 e. The van der Waals surface area contributed by atoms with Gasteiger partial charge in [0.15, 0.2) is 0 Å². The molecule has 1 rings (SSSR count). The third-order valence-corrected chi connectivity index (χ3v) is 3.59. The van der Waals surface area contributed by atoms with Crippen LogP contribution in [0.25, 0.3) is 0 Å². The first-order valence-corrected chi connectivity index (χ1v) is 7.07. The van der Waals surface area contributed by atoms with Gasteiger partial charge in [-0.05, 0) is 40.5 Å². The molecule has 5 heteroatoms. The number of carboxylic acid groups (broad SMARTS) is 1. The minimum absolute atomic E-state index is 0.541. The summed E-state index contributed by atoms with van der Waals surface area (Å²) in [4.78, 5) is 11.1. The zero-order chi connectivity index (χ0) is 12.8. The molecule has 0 aliphatic rings. The Morgan fingerprint density at radius 2 is 2.18 bits per heavy atom. The van der Waals surface area contributed by atoms with Crippen LogP contribution in [0.3, 0.4) is 0 Å².